The first-order chi connectivity index (χ1) is 9.62. The maximum Gasteiger partial charge on any atom is 0.228 e. The Hall–Kier alpha value is -2.50. The van der Waals surface area contributed by atoms with Crippen LogP contribution in [0.25, 0.3) is 0 Å². The summed E-state index contributed by atoms with van der Waals surface area (Å²) in [5.41, 5.74) is 1.53. The molecule has 1 amide bonds. The molecule has 0 saturated heterocycles. The van der Waals surface area contributed by atoms with Gasteiger partial charge in [0, 0.05) is 13.2 Å². The van der Waals surface area contributed by atoms with Crippen molar-refractivity contribution in [3.05, 3.63) is 36.2 Å². The van der Waals surface area contributed by atoms with Crippen molar-refractivity contribution in [1.82, 2.24) is 9.78 Å². The van der Waals surface area contributed by atoms with Crippen molar-refractivity contribution in [3.63, 3.8) is 0 Å². The largest absolute Gasteiger partial charge is 0.493 e. The summed E-state index contributed by atoms with van der Waals surface area (Å²) >= 11 is 0. The van der Waals surface area contributed by atoms with Crippen molar-refractivity contribution in [2.75, 3.05) is 19.5 Å². The minimum Gasteiger partial charge on any atom is -0.493 e. The third kappa shape index (κ3) is 3.28. The number of ether oxygens (including phenoxy) is 2. The minimum absolute atomic E-state index is 0.106. The zero-order valence-corrected chi connectivity index (χ0v) is 11.7. The Morgan fingerprint density at radius 2 is 2.05 bits per heavy atom. The quantitative estimate of drug-likeness (QED) is 0.900. The van der Waals surface area contributed by atoms with E-state index in [1.54, 1.807) is 50.5 Å². The number of aromatic nitrogens is 2. The van der Waals surface area contributed by atoms with Gasteiger partial charge in [-0.15, -0.1) is 0 Å². The third-order valence-corrected chi connectivity index (χ3v) is 2.80. The fraction of sp³-hybridized carbons (Fsp3) is 0.286. The molecule has 0 aliphatic heterocycles. The van der Waals surface area contributed by atoms with Gasteiger partial charge in [-0.05, 0) is 17.7 Å². The summed E-state index contributed by atoms with van der Waals surface area (Å²) in [6, 6.07) is 5.41. The molecule has 0 aliphatic carbocycles. The number of benzene rings is 1. The van der Waals surface area contributed by atoms with Crippen LogP contribution in [0.1, 0.15) is 5.56 Å². The summed E-state index contributed by atoms with van der Waals surface area (Å²) in [7, 11) is 4.94. The van der Waals surface area contributed by atoms with E-state index in [1.165, 1.54) is 0 Å². The standard InChI is InChI=1S/C14H17N3O3/c1-17-9-11(8-15-17)16-14(18)7-10-4-5-12(19-2)13(6-10)20-3/h4-6,8-9H,7H2,1-3H3,(H,16,18). The number of carbonyl (C=O) groups is 1. The van der Waals surface area contributed by atoms with Gasteiger partial charge in [-0.3, -0.25) is 9.48 Å². The summed E-state index contributed by atoms with van der Waals surface area (Å²) in [6.07, 6.45) is 3.61. The second-order valence-corrected chi connectivity index (χ2v) is 4.32. The molecule has 0 atom stereocenters. The van der Waals surface area contributed by atoms with Crippen molar-refractivity contribution in [3.8, 4) is 11.5 Å². The van der Waals surface area contributed by atoms with Gasteiger partial charge in [-0.25, -0.2) is 0 Å². The zero-order chi connectivity index (χ0) is 14.5. The van der Waals surface area contributed by atoms with Crippen LogP contribution in [-0.4, -0.2) is 29.9 Å². The van der Waals surface area contributed by atoms with E-state index < -0.39 is 0 Å². The van der Waals surface area contributed by atoms with E-state index in [-0.39, 0.29) is 12.3 Å². The highest BCUT2D eigenvalue weighted by molar-refractivity contribution is 5.92. The second-order valence-electron chi connectivity index (χ2n) is 4.32. The normalized spacial score (nSPS) is 10.2. The average Bonchev–Trinajstić information content (AvgIpc) is 2.83. The number of amides is 1. The van der Waals surface area contributed by atoms with Crippen molar-refractivity contribution >= 4 is 11.6 Å². The molecule has 0 bridgehead atoms. The molecule has 0 unspecified atom stereocenters. The number of hydrogen-bond donors (Lipinski definition) is 1. The van der Waals surface area contributed by atoms with Crippen LogP contribution in [0.4, 0.5) is 5.69 Å². The van der Waals surface area contributed by atoms with Crippen LogP contribution in [0.5, 0.6) is 11.5 Å². The first-order valence-electron chi connectivity index (χ1n) is 6.11. The van der Waals surface area contributed by atoms with Crippen LogP contribution in [0.15, 0.2) is 30.6 Å². The SMILES string of the molecule is COc1ccc(CC(=O)Nc2cnn(C)c2)cc1OC. The fourth-order valence-corrected chi connectivity index (χ4v) is 1.87. The topological polar surface area (TPSA) is 65.4 Å². The van der Waals surface area contributed by atoms with Crippen LogP contribution in [-0.2, 0) is 18.3 Å². The Kier molecular flexibility index (Phi) is 4.24. The predicted octanol–water partition coefficient (Wildman–Crippen LogP) is 1.62. The molecule has 1 heterocycles. The molecule has 6 nitrogen and oxygen atoms in total. The molecule has 0 fully saturated rings. The summed E-state index contributed by atoms with van der Waals surface area (Å²) in [4.78, 5) is 11.9. The van der Waals surface area contributed by atoms with E-state index in [4.69, 9.17) is 9.47 Å². The number of carbonyl (C=O) groups excluding carboxylic acids is 1. The van der Waals surface area contributed by atoms with Gasteiger partial charge in [-0.2, -0.15) is 5.10 Å². The highest BCUT2D eigenvalue weighted by atomic mass is 16.5. The van der Waals surface area contributed by atoms with Gasteiger partial charge in [0.25, 0.3) is 0 Å². The molecule has 0 saturated carbocycles. The molecule has 1 aromatic carbocycles. The molecule has 0 radical (unpaired) electrons. The number of hydrogen-bond acceptors (Lipinski definition) is 4. The van der Waals surface area contributed by atoms with Gasteiger partial charge in [-0.1, -0.05) is 6.07 Å². The van der Waals surface area contributed by atoms with Crippen molar-refractivity contribution in [2.24, 2.45) is 7.05 Å². The maximum atomic E-state index is 11.9. The van der Waals surface area contributed by atoms with Crippen LogP contribution >= 0.6 is 0 Å². The smallest absolute Gasteiger partial charge is 0.228 e. The van der Waals surface area contributed by atoms with Gasteiger partial charge < -0.3 is 14.8 Å². The molecule has 1 aromatic heterocycles. The molecule has 6 heteroatoms. The van der Waals surface area contributed by atoms with E-state index >= 15 is 0 Å². The summed E-state index contributed by atoms with van der Waals surface area (Å²) in [5.74, 6) is 1.15. The molecule has 1 N–H and O–H groups in total. The summed E-state index contributed by atoms with van der Waals surface area (Å²) in [6.45, 7) is 0. The van der Waals surface area contributed by atoms with E-state index in [2.05, 4.69) is 10.4 Å². The number of rotatable bonds is 5. The zero-order valence-electron chi connectivity index (χ0n) is 11.7. The van der Waals surface area contributed by atoms with Crippen molar-refractivity contribution in [1.29, 1.82) is 0 Å². The summed E-state index contributed by atoms with van der Waals surface area (Å²) < 4.78 is 12.0. The van der Waals surface area contributed by atoms with Gasteiger partial charge >= 0.3 is 0 Å². The number of aryl methyl sites for hydroxylation is 1. The van der Waals surface area contributed by atoms with Gasteiger partial charge in [0.1, 0.15) is 0 Å². The number of nitrogens with zero attached hydrogens (tertiary/aromatic N) is 2. The Bertz CT molecular complexity index is 607. The van der Waals surface area contributed by atoms with Crippen LogP contribution in [0.3, 0.4) is 0 Å². The van der Waals surface area contributed by atoms with Crippen LogP contribution < -0.4 is 14.8 Å². The first kappa shape index (κ1) is 13.9. The van der Waals surface area contributed by atoms with Gasteiger partial charge in [0.05, 0.1) is 32.5 Å². The Balaban J connectivity index is 2.04. The minimum atomic E-state index is -0.106. The first-order valence-corrected chi connectivity index (χ1v) is 6.11. The van der Waals surface area contributed by atoms with E-state index in [0.717, 1.165) is 5.56 Å². The lowest BCUT2D eigenvalue weighted by atomic mass is 10.1. The molecular weight excluding hydrogens is 258 g/mol. The maximum absolute atomic E-state index is 11.9. The van der Waals surface area contributed by atoms with Gasteiger partial charge in [0.15, 0.2) is 11.5 Å². The highest BCUT2D eigenvalue weighted by Gasteiger charge is 2.09. The monoisotopic (exact) mass is 275 g/mol. The lowest BCUT2D eigenvalue weighted by molar-refractivity contribution is -0.115. The molecular formula is C14H17N3O3. The molecule has 20 heavy (non-hydrogen) atoms. The fourth-order valence-electron chi connectivity index (χ4n) is 1.87. The molecule has 0 aliphatic rings. The Morgan fingerprint density at radius 1 is 1.30 bits per heavy atom. The highest BCUT2D eigenvalue weighted by Crippen LogP contribution is 2.27. The number of anilines is 1. The molecule has 0 spiro atoms. The number of nitrogens with one attached hydrogen (secondary N) is 1. The average molecular weight is 275 g/mol. The number of methoxy groups -OCH3 is 2. The van der Waals surface area contributed by atoms with E-state index in [0.29, 0.717) is 17.2 Å². The van der Waals surface area contributed by atoms with Gasteiger partial charge in [0.2, 0.25) is 5.91 Å². The van der Waals surface area contributed by atoms with E-state index in [9.17, 15) is 4.79 Å². The van der Waals surface area contributed by atoms with Crippen molar-refractivity contribution in [2.45, 2.75) is 6.42 Å². The van der Waals surface area contributed by atoms with Crippen molar-refractivity contribution < 1.29 is 14.3 Å². The van der Waals surface area contributed by atoms with Crippen LogP contribution in [0.2, 0.25) is 0 Å². The summed E-state index contributed by atoms with van der Waals surface area (Å²) in [5, 5.41) is 6.78. The lowest BCUT2D eigenvalue weighted by Gasteiger charge is -2.09. The molecule has 2 aromatic rings. The van der Waals surface area contributed by atoms with Crippen LogP contribution in [0, 0.1) is 0 Å². The second kappa shape index (κ2) is 6.10. The Labute approximate surface area is 117 Å². The molecule has 106 valence electrons. The molecule has 2 rings (SSSR count). The Morgan fingerprint density at radius 3 is 2.65 bits per heavy atom. The van der Waals surface area contributed by atoms with E-state index in [1.807, 2.05) is 6.07 Å². The lowest BCUT2D eigenvalue weighted by Crippen LogP contribution is -2.14. The third-order valence-electron chi connectivity index (χ3n) is 2.80. The predicted molar refractivity (Wildman–Crippen MR) is 75.1 cm³/mol.